The number of carbonyl (C=O) groups is 1. The number of ether oxygens (including phenoxy) is 1. The lowest BCUT2D eigenvalue weighted by molar-refractivity contribution is -0.385. The molecule has 1 aliphatic heterocycles. The highest BCUT2D eigenvalue weighted by atomic mass is 16.6. The van der Waals surface area contributed by atoms with Gasteiger partial charge in [0.15, 0.2) is 0 Å². The molecule has 1 aromatic carbocycles. The van der Waals surface area contributed by atoms with Crippen LogP contribution in [0.25, 0.3) is 0 Å². The van der Waals surface area contributed by atoms with Crippen LogP contribution in [0.4, 0.5) is 10.5 Å². The van der Waals surface area contributed by atoms with Gasteiger partial charge in [-0.25, -0.2) is 4.79 Å². The highest BCUT2D eigenvalue weighted by molar-refractivity contribution is 5.68. The maximum Gasteiger partial charge on any atom is 0.410 e. The number of hydrogen-bond donors (Lipinski definition) is 1. The number of carbonyl (C=O) groups excluding carboxylic acids is 1. The number of benzene rings is 1. The molecule has 0 unspecified atom stereocenters. The molecule has 0 aliphatic carbocycles. The molecule has 132 valence electrons. The number of non-ortho nitro benzene ring substituents is 1. The number of hydrogen-bond acceptors (Lipinski definition) is 6. The lowest BCUT2D eigenvalue weighted by Gasteiger charge is -2.35. The van der Waals surface area contributed by atoms with Gasteiger partial charge in [-0.2, -0.15) is 0 Å². The number of phenolic OH excluding ortho intramolecular Hbond substituents is 1. The average Bonchev–Trinajstić information content (AvgIpc) is 2.48. The van der Waals surface area contributed by atoms with E-state index in [-0.39, 0.29) is 17.5 Å². The van der Waals surface area contributed by atoms with Crippen LogP contribution >= 0.6 is 0 Å². The van der Waals surface area contributed by atoms with Crippen molar-refractivity contribution in [3.8, 4) is 5.75 Å². The largest absolute Gasteiger partial charge is 0.508 e. The summed E-state index contributed by atoms with van der Waals surface area (Å²) in [5.41, 5.74) is -0.0618. The predicted octanol–water partition coefficient (Wildman–Crippen LogP) is 2.35. The van der Waals surface area contributed by atoms with Gasteiger partial charge in [0.25, 0.3) is 5.69 Å². The van der Waals surface area contributed by atoms with E-state index in [1.54, 1.807) is 4.90 Å². The Hall–Kier alpha value is -2.35. The van der Waals surface area contributed by atoms with Gasteiger partial charge in [0, 0.05) is 50.4 Å². The summed E-state index contributed by atoms with van der Waals surface area (Å²) >= 11 is 0. The van der Waals surface area contributed by atoms with Crippen molar-refractivity contribution in [2.75, 3.05) is 26.2 Å². The summed E-state index contributed by atoms with van der Waals surface area (Å²) in [4.78, 5) is 26.1. The number of nitro groups is 1. The summed E-state index contributed by atoms with van der Waals surface area (Å²) in [5.74, 6) is 0.0372. The van der Waals surface area contributed by atoms with Crippen molar-refractivity contribution in [3.05, 3.63) is 33.9 Å². The molecule has 1 saturated heterocycles. The van der Waals surface area contributed by atoms with Gasteiger partial charge in [0.1, 0.15) is 11.4 Å². The van der Waals surface area contributed by atoms with Crippen LogP contribution in [0.1, 0.15) is 26.3 Å². The fraction of sp³-hybridized carbons (Fsp3) is 0.562. The smallest absolute Gasteiger partial charge is 0.410 e. The molecule has 0 bridgehead atoms. The van der Waals surface area contributed by atoms with Gasteiger partial charge in [-0.3, -0.25) is 15.0 Å². The van der Waals surface area contributed by atoms with Crippen molar-refractivity contribution < 1.29 is 19.6 Å². The Morgan fingerprint density at radius 3 is 2.46 bits per heavy atom. The molecule has 8 heteroatoms. The second-order valence-electron chi connectivity index (χ2n) is 6.81. The number of nitro benzene ring substituents is 1. The molecule has 1 amide bonds. The molecule has 1 heterocycles. The van der Waals surface area contributed by atoms with E-state index in [9.17, 15) is 20.0 Å². The maximum absolute atomic E-state index is 12.0. The number of amides is 1. The SMILES string of the molecule is CC(C)(C)OC(=O)N1CCN(Cc2cc([N+](=O)[O-])ccc2O)CC1. The van der Waals surface area contributed by atoms with Crippen molar-refractivity contribution in [1.29, 1.82) is 0 Å². The molecule has 0 spiro atoms. The first-order valence-electron chi connectivity index (χ1n) is 7.82. The standard InChI is InChI=1S/C16H23N3O5/c1-16(2,3)24-15(21)18-8-6-17(7-9-18)11-12-10-13(19(22)23)4-5-14(12)20/h4-5,10,20H,6-9,11H2,1-3H3. The van der Waals surface area contributed by atoms with Crippen molar-refractivity contribution in [2.24, 2.45) is 0 Å². The van der Waals surface area contributed by atoms with Crippen LogP contribution in [0.5, 0.6) is 5.75 Å². The Morgan fingerprint density at radius 2 is 1.92 bits per heavy atom. The summed E-state index contributed by atoms with van der Waals surface area (Å²) < 4.78 is 5.35. The summed E-state index contributed by atoms with van der Waals surface area (Å²) in [6.07, 6.45) is -0.333. The highest BCUT2D eigenvalue weighted by Crippen LogP contribution is 2.24. The van der Waals surface area contributed by atoms with Gasteiger partial charge < -0.3 is 14.7 Å². The van der Waals surface area contributed by atoms with E-state index in [4.69, 9.17) is 4.74 Å². The van der Waals surface area contributed by atoms with Gasteiger partial charge in [-0.1, -0.05) is 0 Å². The number of aromatic hydroxyl groups is 1. The molecule has 2 rings (SSSR count). The fourth-order valence-electron chi connectivity index (χ4n) is 2.47. The highest BCUT2D eigenvalue weighted by Gasteiger charge is 2.26. The first-order chi connectivity index (χ1) is 11.2. The Labute approximate surface area is 140 Å². The van der Waals surface area contributed by atoms with E-state index in [0.717, 1.165) is 0 Å². The number of rotatable bonds is 3. The van der Waals surface area contributed by atoms with Gasteiger partial charge >= 0.3 is 6.09 Å². The molecule has 24 heavy (non-hydrogen) atoms. The average molecular weight is 337 g/mol. The van der Waals surface area contributed by atoms with Crippen molar-refractivity contribution >= 4 is 11.8 Å². The molecule has 1 N–H and O–H groups in total. The third-order valence-electron chi connectivity index (χ3n) is 3.69. The second-order valence-corrected chi connectivity index (χ2v) is 6.81. The predicted molar refractivity (Wildman–Crippen MR) is 87.8 cm³/mol. The Bertz CT molecular complexity index is 619. The minimum absolute atomic E-state index is 0.0372. The third kappa shape index (κ3) is 4.82. The monoisotopic (exact) mass is 337 g/mol. The van der Waals surface area contributed by atoms with Gasteiger partial charge in [-0.05, 0) is 26.8 Å². The Kier molecular flexibility index (Phi) is 5.28. The zero-order valence-electron chi connectivity index (χ0n) is 14.2. The van der Waals surface area contributed by atoms with Crippen LogP contribution in [0, 0.1) is 10.1 Å². The third-order valence-corrected chi connectivity index (χ3v) is 3.69. The van der Waals surface area contributed by atoms with Crippen molar-refractivity contribution in [1.82, 2.24) is 9.80 Å². The molecular weight excluding hydrogens is 314 g/mol. The van der Waals surface area contributed by atoms with E-state index in [1.165, 1.54) is 18.2 Å². The summed E-state index contributed by atoms with van der Waals surface area (Å²) in [5, 5.41) is 20.7. The van der Waals surface area contributed by atoms with E-state index < -0.39 is 10.5 Å². The van der Waals surface area contributed by atoms with Crippen LogP contribution in [0.3, 0.4) is 0 Å². The van der Waals surface area contributed by atoms with Gasteiger partial charge in [0.05, 0.1) is 4.92 Å². The van der Waals surface area contributed by atoms with Crippen LogP contribution in [0.15, 0.2) is 18.2 Å². The van der Waals surface area contributed by atoms with Crippen molar-refractivity contribution in [2.45, 2.75) is 32.9 Å². The Morgan fingerprint density at radius 1 is 1.29 bits per heavy atom. The molecule has 8 nitrogen and oxygen atoms in total. The second kappa shape index (κ2) is 7.04. The molecule has 1 fully saturated rings. The molecule has 1 aromatic rings. The van der Waals surface area contributed by atoms with Crippen LogP contribution in [0.2, 0.25) is 0 Å². The number of phenols is 1. The van der Waals surface area contributed by atoms with E-state index in [1.807, 2.05) is 25.7 Å². The number of nitrogens with zero attached hydrogens (tertiary/aromatic N) is 3. The topological polar surface area (TPSA) is 96.2 Å². The number of piperazine rings is 1. The lowest BCUT2D eigenvalue weighted by atomic mass is 10.1. The van der Waals surface area contributed by atoms with E-state index >= 15 is 0 Å². The van der Waals surface area contributed by atoms with Gasteiger partial charge in [-0.15, -0.1) is 0 Å². The van der Waals surface area contributed by atoms with Crippen LogP contribution < -0.4 is 0 Å². The van der Waals surface area contributed by atoms with Crippen LogP contribution in [-0.2, 0) is 11.3 Å². The lowest BCUT2D eigenvalue weighted by Crippen LogP contribution is -2.49. The zero-order chi connectivity index (χ0) is 17.9. The maximum atomic E-state index is 12.0. The summed E-state index contributed by atoms with van der Waals surface area (Å²) in [6, 6.07) is 4.00. The molecule has 0 atom stereocenters. The zero-order valence-corrected chi connectivity index (χ0v) is 14.2. The quantitative estimate of drug-likeness (QED) is 0.672. The molecule has 0 radical (unpaired) electrons. The van der Waals surface area contributed by atoms with E-state index in [0.29, 0.717) is 38.3 Å². The van der Waals surface area contributed by atoms with Crippen LogP contribution in [-0.4, -0.2) is 57.7 Å². The first kappa shape index (κ1) is 18.0. The normalized spacial score (nSPS) is 16.0. The summed E-state index contributed by atoms with van der Waals surface area (Å²) in [7, 11) is 0. The minimum atomic E-state index is -0.525. The minimum Gasteiger partial charge on any atom is -0.508 e. The van der Waals surface area contributed by atoms with E-state index in [2.05, 4.69) is 0 Å². The molecule has 0 saturated carbocycles. The Balaban J connectivity index is 1.93. The summed E-state index contributed by atoms with van der Waals surface area (Å²) in [6.45, 7) is 8.14. The molecule has 0 aromatic heterocycles. The van der Waals surface area contributed by atoms with Gasteiger partial charge in [0.2, 0.25) is 0 Å². The molecule has 1 aliphatic rings. The van der Waals surface area contributed by atoms with Crippen molar-refractivity contribution in [3.63, 3.8) is 0 Å². The first-order valence-corrected chi connectivity index (χ1v) is 7.82. The fourth-order valence-corrected chi connectivity index (χ4v) is 2.47. The molecular formula is C16H23N3O5.